The number of rotatable bonds is 5. The highest BCUT2D eigenvalue weighted by Gasteiger charge is 2.29. The number of anilines is 2. The van der Waals surface area contributed by atoms with Crippen LogP contribution >= 0.6 is 12.2 Å². The molecule has 2 amide bonds. The Morgan fingerprint density at radius 1 is 1.03 bits per heavy atom. The largest absolute Gasteiger partial charge is 0.484 e. The molecule has 0 aliphatic carbocycles. The maximum Gasteiger partial charge on any atom is 0.264 e. The zero-order valence-electron chi connectivity index (χ0n) is 19.7. The minimum absolute atomic E-state index is 0.117. The van der Waals surface area contributed by atoms with Gasteiger partial charge in [0, 0.05) is 43.0 Å². The van der Waals surface area contributed by atoms with Crippen LogP contribution in [0.2, 0.25) is 0 Å². The molecule has 0 radical (unpaired) electrons. The lowest BCUT2D eigenvalue weighted by Gasteiger charge is -2.38. The van der Waals surface area contributed by atoms with Crippen molar-refractivity contribution >= 4 is 40.5 Å². The number of thiocarbonyl (C=S) groups is 1. The molecule has 8 heteroatoms. The zero-order valence-corrected chi connectivity index (χ0v) is 20.5. The van der Waals surface area contributed by atoms with Crippen molar-refractivity contribution in [2.24, 2.45) is 5.41 Å². The highest BCUT2D eigenvalue weighted by atomic mass is 32.1. The second kappa shape index (κ2) is 10.7. The summed E-state index contributed by atoms with van der Waals surface area (Å²) in [6.07, 6.45) is 0. The topological polar surface area (TPSA) is 73.9 Å². The fraction of sp³-hybridized carbons (Fsp3) is 0.400. The van der Waals surface area contributed by atoms with E-state index in [4.69, 9.17) is 17.0 Å². The average Bonchev–Trinajstić information content (AvgIpc) is 2.77. The monoisotopic (exact) mass is 468 g/mol. The van der Waals surface area contributed by atoms with Crippen LogP contribution in [-0.2, 0) is 9.59 Å². The van der Waals surface area contributed by atoms with Gasteiger partial charge in [-0.3, -0.25) is 14.9 Å². The number of nitrogens with one attached hydrogen (secondary N) is 2. The van der Waals surface area contributed by atoms with Crippen LogP contribution in [0.1, 0.15) is 26.3 Å². The number of piperazine rings is 1. The molecule has 7 nitrogen and oxygen atoms in total. The van der Waals surface area contributed by atoms with E-state index >= 15 is 0 Å². The summed E-state index contributed by atoms with van der Waals surface area (Å²) in [5.74, 6) is 0.512. The Morgan fingerprint density at radius 3 is 2.30 bits per heavy atom. The minimum atomic E-state index is -0.351. The Hall–Kier alpha value is -3.13. The first-order valence-corrected chi connectivity index (χ1v) is 11.5. The summed E-state index contributed by atoms with van der Waals surface area (Å²) in [7, 11) is 0. The van der Waals surface area contributed by atoms with Gasteiger partial charge in [-0.25, -0.2) is 0 Å². The molecule has 33 heavy (non-hydrogen) atoms. The van der Waals surface area contributed by atoms with Gasteiger partial charge in [0.25, 0.3) is 5.91 Å². The lowest BCUT2D eigenvalue weighted by Crippen LogP contribution is -2.51. The van der Waals surface area contributed by atoms with Crippen molar-refractivity contribution in [1.29, 1.82) is 0 Å². The molecule has 0 spiro atoms. The Morgan fingerprint density at radius 2 is 1.70 bits per heavy atom. The number of carbonyl (C=O) groups excluding carboxylic acids is 2. The zero-order chi connectivity index (χ0) is 24.0. The van der Waals surface area contributed by atoms with E-state index in [0.29, 0.717) is 5.75 Å². The number of carbonyl (C=O) groups is 2. The highest BCUT2D eigenvalue weighted by molar-refractivity contribution is 7.80. The van der Waals surface area contributed by atoms with Crippen molar-refractivity contribution < 1.29 is 14.3 Å². The van der Waals surface area contributed by atoms with Gasteiger partial charge in [-0.15, -0.1) is 0 Å². The van der Waals surface area contributed by atoms with Gasteiger partial charge in [0.2, 0.25) is 5.91 Å². The van der Waals surface area contributed by atoms with Crippen molar-refractivity contribution in [3.8, 4) is 5.75 Å². The van der Waals surface area contributed by atoms with Gasteiger partial charge in [-0.05, 0) is 61.1 Å². The fourth-order valence-electron chi connectivity index (χ4n) is 3.58. The van der Waals surface area contributed by atoms with Gasteiger partial charge in [0.1, 0.15) is 5.75 Å². The van der Waals surface area contributed by atoms with Gasteiger partial charge in [-0.1, -0.05) is 32.9 Å². The molecule has 3 rings (SSSR count). The van der Waals surface area contributed by atoms with Crippen LogP contribution < -0.4 is 20.3 Å². The fourth-order valence-corrected chi connectivity index (χ4v) is 3.81. The van der Waals surface area contributed by atoms with Crippen molar-refractivity contribution in [2.75, 3.05) is 43.0 Å². The second-order valence-corrected chi connectivity index (χ2v) is 9.59. The molecule has 2 aromatic rings. The van der Waals surface area contributed by atoms with Crippen molar-refractivity contribution in [3.05, 3.63) is 54.1 Å². The smallest absolute Gasteiger partial charge is 0.264 e. The van der Waals surface area contributed by atoms with Crippen molar-refractivity contribution in [2.45, 2.75) is 27.7 Å². The molecule has 1 aliphatic rings. The third-order valence-corrected chi connectivity index (χ3v) is 5.52. The predicted octanol–water partition coefficient (Wildman–Crippen LogP) is 3.58. The van der Waals surface area contributed by atoms with E-state index in [2.05, 4.69) is 15.5 Å². The second-order valence-electron chi connectivity index (χ2n) is 9.18. The number of amides is 2. The van der Waals surface area contributed by atoms with E-state index in [1.54, 1.807) is 6.07 Å². The van der Waals surface area contributed by atoms with Crippen LogP contribution in [0.4, 0.5) is 11.4 Å². The predicted molar refractivity (Wildman–Crippen MR) is 136 cm³/mol. The Labute approximate surface area is 201 Å². The SMILES string of the molecule is Cc1cccc(OCC(=O)NC(=S)Nc2ccc(N3CCN(C(=O)C(C)(C)C)CC3)cc2)c1. The van der Waals surface area contributed by atoms with Crippen LogP contribution in [0.15, 0.2) is 48.5 Å². The van der Waals surface area contributed by atoms with Crippen LogP contribution in [0.25, 0.3) is 0 Å². The third-order valence-electron chi connectivity index (χ3n) is 5.31. The maximum atomic E-state index is 12.5. The molecular formula is C25H32N4O3S. The molecule has 176 valence electrons. The van der Waals surface area contributed by atoms with Gasteiger partial charge < -0.3 is 19.9 Å². The third kappa shape index (κ3) is 7.18. The first kappa shape index (κ1) is 24.5. The summed E-state index contributed by atoms with van der Waals surface area (Å²) in [5, 5.41) is 5.87. The lowest BCUT2D eigenvalue weighted by molar-refractivity contribution is -0.139. The molecule has 2 N–H and O–H groups in total. The molecule has 1 fully saturated rings. The Balaban J connectivity index is 1.44. The average molecular weight is 469 g/mol. The van der Waals surface area contributed by atoms with Crippen LogP contribution in [0.5, 0.6) is 5.75 Å². The van der Waals surface area contributed by atoms with Gasteiger partial charge in [-0.2, -0.15) is 0 Å². The summed E-state index contributed by atoms with van der Waals surface area (Å²) < 4.78 is 5.49. The number of aryl methyl sites for hydroxylation is 1. The summed E-state index contributed by atoms with van der Waals surface area (Å²) in [6, 6.07) is 15.4. The van der Waals surface area contributed by atoms with E-state index in [0.717, 1.165) is 43.1 Å². The summed E-state index contributed by atoms with van der Waals surface area (Å²) >= 11 is 5.24. The summed E-state index contributed by atoms with van der Waals surface area (Å²) in [5.41, 5.74) is 2.58. The Bertz CT molecular complexity index is 993. The van der Waals surface area contributed by atoms with E-state index in [1.165, 1.54) is 0 Å². The van der Waals surface area contributed by atoms with E-state index in [-0.39, 0.29) is 28.9 Å². The standard InChI is InChI=1S/C25H32N4O3S/c1-18-6-5-7-21(16-18)32-17-22(30)27-24(33)26-19-8-10-20(11-9-19)28-12-14-29(15-13-28)23(31)25(2,3)4/h5-11,16H,12-15,17H2,1-4H3,(H2,26,27,30,33). The van der Waals surface area contributed by atoms with Gasteiger partial charge in [0.15, 0.2) is 11.7 Å². The van der Waals surface area contributed by atoms with Gasteiger partial charge in [0.05, 0.1) is 0 Å². The van der Waals surface area contributed by atoms with Crippen molar-refractivity contribution in [1.82, 2.24) is 10.2 Å². The number of nitrogens with zero attached hydrogens (tertiary/aromatic N) is 2. The van der Waals surface area contributed by atoms with Gasteiger partial charge >= 0.3 is 0 Å². The summed E-state index contributed by atoms with van der Waals surface area (Å²) in [4.78, 5) is 28.8. The van der Waals surface area contributed by atoms with Crippen LogP contribution in [0, 0.1) is 12.3 Å². The molecule has 1 aliphatic heterocycles. The van der Waals surface area contributed by atoms with E-state index < -0.39 is 0 Å². The van der Waals surface area contributed by atoms with Crippen molar-refractivity contribution in [3.63, 3.8) is 0 Å². The minimum Gasteiger partial charge on any atom is -0.484 e. The molecule has 0 atom stereocenters. The first-order chi connectivity index (χ1) is 15.6. The highest BCUT2D eigenvalue weighted by Crippen LogP contribution is 2.22. The van der Waals surface area contributed by atoms with E-state index in [1.807, 2.05) is 75.1 Å². The van der Waals surface area contributed by atoms with Crippen LogP contribution in [0.3, 0.4) is 0 Å². The van der Waals surface area contributed by atoms with E-state index in [9.17, 15) is 9.59 Å². The maximum absolute atomic E-state index is 12.5. The first-order valence-electron chi connectivity index (χ1n) is 11.1. The number of hydrogen-bond acceptors (Lipinski definition) is 5. The quantitative estimate of drug-likeness (QED) is 0.654. The number of benzene rings is 2. The molecule has 2 aromatic carbocycles. The number of ether oxygens (including phenoxy) is 1. The molecule has 1 saturated heterocycles. The molecule has 1 heterocycles. The molecule has 0 saturated carbocycles. The Kier molecular flexibility index (Phi) is 7.92. The van der Waals surface area contributed by atoms with Crippen LogP contribution in [-0.4, -0.2) is 54.6 Å². The summed E-state index contributed by atoms with van der Waals surface area (Å²) in [6.45, 7) is 10.7. The molecule has 0 bridgehead atoms. The number of hydrogen-bond donors (Lipinski definition) is 2. The molecule has 0 unspecified atom stereocenters. The molecule has 0 aromatic heterocycles. The lowest BCUT2D eigenvalue weighted by atomic mass is 9.94. The normalized spacial score (nSPS) is 13.9. The molecular weight excluding hydrogens is 436 g/mol.